The van der Waals surface area contributed by atoms with Gasteiger partial charge in [0.2, 0.25) is 0 Å². The Labute approximate surface area is 148 Å². The SMILES string of the molecule is CC(O)(S)CCc1cccc(OCc2ccc3ccccc3c2)c1. The summed E-state index contributed by atoms with van der Waals surface area (Å²) >= 11 is 4.15. The summed E-state index contributed by atoms with van der Waals surface area (Å²) in [5.41, 5.74) is 2.29. The Morgan fingerprint density at radius 3 is 2.50 bits per heavy atom. The van der Waals surface area contributed by atoms with E-state index in [1.54, 1.807) is 6.92 Å². The van der Waals surface area contributed by atoms with Crippen LogP contribution in [0.4, 0.5) is 0 Å². The van der Waals surface area contributed by atoms with Gasteiger partial charge >= 0.3 is 0 Å². The zero-order valence-corrected chi connectivity index (χ0v) is 14.7. The summed E-state index contributed by atoms with van der Waals surface area (Å²) in [5.74, 6) is 0.847. The van der Waals surface area contributed by atoms with Crippen molar-refractivity contribution >= 4 is 23.4 Å². The molecule has 1 N–H and O–H groups in total. The number of fused-ring (bicyclic) bond motifs is 1. The first-order valence-electron chi connectivity index (χ1n) is 8.14. The molecule has 0 saturated heterocycles. The predicted octanol–water partition coefficient (Wildman–Crippen LogP) is 4.99. The van der Waals surface area contributed by atoms with Crippen molar-refractivity contribution in [2.45, 2.75) is 31.3 Å². The van der Waals surface area contributed by atoms with E-state index < -0.39 is 4.93 Å². The summed E-state index contributed by atoms with van der Waals surface area (Å²) < 4.78 is 5.93. The van der Waals surface area contributed by atoms with Crippen molar-refractivity contribution in [2.24, 2.45) is 0 Å². The molecule has 3 aromatic rings. The van der Waals surface area contributed by atoms with Gasteiger partial charge in [0, 0.05) is 0 Å². The quantitative estimate of drug-likeness (QED) is 0.490. The first-order valence-corrected chi connectivity index (χ1v) is 8.58. The number of benzene rings is 3. The molecule has 1 atom stereocenters. The second-order valence-corrected chi connectivity index (χ2v) is 7.30. The number of rotatable bonds is 6. The van der Waals surface area contributed by atoms with Gasteiger partial charge in [-0.05, 0) is 59.9 Å². The van der Waals surface area contributed by atoms with Crippen LogP contribution in [-0.2, 0) is 13.0 Å². The van der Waals surface area contributed by atoms with Crippen molar-refractivity contribution < 1.29 is 9.84 Å². The zero-order chi connectivity index (χ0) is 17.0. The summed E-state index contributed by atoms with van der Waals surface area (Å²) in [4.78, 5) is -0.943. The van der Waals surface area contributed by atoms with E-state index in [4.69, 9.17) is 4.74 Å². The zero-order valence-electron chi connectivity index (χ0n) is 13.8. The van der Waals surface area contributed by atoms with E-state index in [1.807, 2.05) is 36.4 Å². The van der Waals surface area contributed by atoms with Crippen molar-refractivity contribution in [1.82, 2.24) is 0 Å². The average Bonchev–Trinajstić information content (AvgIpc) is 2.58. The molecule has 0 fully saturated rings. The van der Waals surface area contributed by atoms with Crippen molar-refractivity contribution in [2.75, 3.05) is 0 Å². The molecule has 0 aliphatic rings. The van der Waals surface area contributed by atoms with E-state index in [9.17, 15) is 5.11 Å². The molecule has 3 heteroatoms. The largest absolute Gasteiger partial charge is 0.489 e. The lowest BCUT2D eigenvalue weighted by Crippen LogP contribution is -2.15. The van der Waals surface area contributed by atoms with Gasteiger partial charge in [-0.25, -0.2) is 0 Å². The Balaban J connectivity index is 1.65. The van der Waals surface area contributed by atoms with Crippen LogP contribution in [0.3, 0.4) is 0 Å². The molecule has 0 spiro atoms. The summed E-state index contributed by atoms with van der Waals surface area (Å²) in [7, 11) is 0. The van der Waals surface area contributed by atoms with Gasteiger partial charge in [0.25, 0.3) is 0 Å². The number of aliphatic hydroxyl groups is 1. The summed E-state index contributed by atoms with van der Waals surface area (Å²) in [6, 6.07) is 22.7. The maximum atomic E-state index is 9.72. The van der Waals surface area contributed by atoms with Crippen LogP contribution in [0.15, 0.2) is 66.7 Å². The molecular formula is C21H22O2S. The van der Waals surface area contributed by atoms with Crippen LogP contribution in [0.5, 0.6) is 5.75 Å². The minimum absolute atomic E-state index is 0.540. The van der Waals surface area contributed by atoms with Crippen LogP contribution in [0, 0.1) is 0 Å². The molecule has 0 heterocycles. The van der Waals surface area contributed by atoms with Crippen molar-refractivity contribution in [1.29, 1.82) is 0 Å². The van der Waals surface area contributed by atoms with E-state index in [-0.39, 0.29) is 0 Å². The van der Waals surface area contributed by atoms with Gasteiger partial charge < -0.3 is 9.84 Å². The second-order valence-electron chi connectivity index (χ2n) is 6.33. The van der Waals surface area contributed by atoms with Gasteiger partial charge in [-0.3, -0.25) is 0 Å². The molecular weight excluding hydrogens is 316 g/mol. The maximum Gasteiger partial charge on any atom is 0.120 e. The number of hydrogen-bond acceptors (Lipinski definition) is 3. The number of thiol groups is 1. The molecule has 2 nitrogen and oxygen atoms in total. The summed E-state index contributed by atoms with van der Waals surface area (Å²) in [6.07, 6.45) is 1.37. The molecule has 24 heavy (non-hydrogen) atoms. The van der Waals surface area contributed by atoms with Gasteiger partial charge in [-0.15, -0.1) is 12.6 Å². The monoisotopic (exact) mass is 338 g/mol. The van der Waals surface area contributed by atoms with Gasteiger partial charge in [0.05, 0.1) is 0 Å². The van der Waals surface area contributed by atoms with Crippen molar-refractivity contribution in [3.05, 3.63) is 77.9 Å². The molecule has 0 aliphatic carbocycles. The van der Waals surface area contributed by atoms with E-state index in [0.717, 1.165) is 23.3 Å². The van der Waals surface area contributed by atoms with Crippen LogP contribution in [0.1, 0.15) is 24.5 Å². The first kappa shape index (κ1) is 16.9. The first-order chi connectivity index (χ1) is 11.5. The third kappa shape index (κ3) is 4.76. The fourth-order valence-corrected chi connectivity index (χ4v) is 2.78. The molecule has 3 rings (SSSR count). The van der Waals surface area contributed by atoms with Crippen LogP contribution in [0.25, 0.3) is 10.8 Å². The predicted molar refractivity (Wildman–Crippen MR) is 103 cm³/mol. The Hall–Kier alpha value is -1.97. The number of hydrogen-bond donors (Lipinski definition) is 2. The lowest BCUT2D eigenvalue weighted by Gasteiger charge is -2.16. The highest BCUT2D eigenvalue weighted by Crippen LogP contribution is 2.22. The Bertz CT molecular complexity index is 821. The lowest BCUT2D eigenvalue weighted by atomic mass is 10.1. The standard InChI is InChI=1S/C21H22O2S/c1-21(22,24)12-11-16-5-4-8-20(14-16)23-15-17-9-10-18-6-2-3-7-19(18)13-17/h2-10,13-14,22,24H,11-12,15H2,1H3. The molecule has 0 aliphatic heterocycles. The number of aryl methyl sites for hydroxylation is 1. The third-order valence-corrected chi connectivity index (χ3v) is 4.23. The van der Waals surface area contributed by atoms with Gasteiger partial charge in [-0.1, -0.05) is 48.5 Å². The summed E-state index contributed by atoms with van der Waals surface area (Å²) in [6.45, 7) is 2.24. The van der Waals surface area contributed by atoms with E-state index in [0.29, 0.717) is 13.0 Å². The van der Waals surface area contributed by atoms with E-state index in [1.165, 1.54) is 10.8 Å². The van der Waals surface area contributed by atoms with Gasteiger partial charge in [-0.2, -0.15) is 0 Å². The molecule has 3 aromatic carbocycles. The highest BCUT2D eigenvalue weighted by Gasteiger charge is 2.13. The third-order valence-electron chi connectivity index (χ3n) is 4.01. The van der Waals surface area contributed by atoms with Crippen LogP contribution in [-0.4, -0.2) is 10.0 Å². The van der Waals surface area contributed by atoms with Crippen LogP contribution < -0.4 is 4.74 Å². The van der Waals surface area contributed by atoms with Gasteiger partial charge in [0.1, 0.15) is 17.3 Å². The molecule has 124 valence electrons. The summed E-state index contributed by atoms with van der Waals surface area (Å²) in [5, 5.41) is 12.2. The highest BCUT2D eigenvalue weighted by atomic mass is 32.1. The number of ether oxygens (including phenoxy) is 1. The molecule has 0 amide bonds. The lowest BCUT2D eigenvalue weighted by molar-refractivity contribution is 0.150. The Morgan fingerprint density at radius 1 is 0.917 bits per heavy atom. The molecule has 0 radical (unpaired) electrons. The Kier molecular flexibility index (Phi) is 5.12. The van der Waals surface area contributed by atoms with E-state index in [2.05, 4.69) is 43.0 Å². The van der Waals surface area contributed by atoms with Crippen LogP contribution in [0.2, 0.25) is 0 Å². The average molecular weight is 338 g/mol. The minimum Gasteiger partial charge on any atom is -0.489 e. The maximum absolute atomic E-state index is 9.72. The van der Waals surface area contributed by atoms with E-state index >= 15 is 0 Å². The molecule has 0 saturated carbocycles. The van der Waals surface area contributed by atoms with Crippen molar-refractivity contribution in [3.8, 4) is 5.75 Å². The van der Waals surface area contributed by atoms with Gasteiger partial charge in [0.15, 0.2) is 0 Å². The molecule has 1 unspecified atom stereocenters. The normalized spacial score (nSPS) is 13.6. The smallest absolute Gasteiger partial charge is 0.120 e. The minimum atomic E-state index is -0.943. The van der Waals surface area contributed by atoms with Crippen molar-refractivity contribution in [3.63, 3.8) is 0 Å². The topological polar surface area (TPSA) is 29.5 Å². The molecule has 0 aromatic heterocycles. The van der Waals surface area contributed by atoms with Crippen LogP contribution >= 0.6 is 12.6 Å². The molecule has 0 bridgehead atoms. The second kappa shape index (κ2) is 7.29. The highest BCUT2D eigenvalue weighted by molar-refractivity contribution is 7.81. The fourth-order valence-electron chi connectivity index (χ4n) is 2.67. The Morgan fingerprint density at radius 2 is 1.71 bits per heavy atom. The fraction of sp³-hybridized carbons (Fsp3) is 0.238.